The second-order valence-electron chi connectivity index (χ2n) is 6.56. The minimum absolute atomic E-state index is 0.0282. The lowest BCUT2D eigenvalue weighted by molar-refractivity contribution is -0.0207. The molecule has 140 valence electrons. The predicted octanol–water partition coefficient (Wildman–Crippen LogP) is 1.84. The van der Waals surface area contributed by atoms with Crippen LogP contribution in [-0.4, -0.2) is 44.1 Å². The molecule has 2 unspecified atom stereocenters. The Labute approximate surface area is 154 Å². The van der Waals surface area contributed by atoms with Gasteiger partial charge in [0, 0.05) is 6.54 Å². The normalized spacial score (nSPS) is 21.1. The third kappa shape index (κ3) is 2.94. The Kier molecular flexibility index (Phi) is 4.02. The van der Waals surface area contributed by atoms with E-state index in [4.69, 9.17) is 14.2 Å². The molecule has 1 saturated heterocycles. The van der Waals surface area contributed by atoms with Crippen molar-refractivity contribution in [3.8, 4) is 11.5 Å². The minimum Gasteiger partial charge on any atom is -0.454 e. The molecule has 0 saturated carbocycles. The highest BCUT2D eigenvalue weighted by molar-refractivity contribution is 5.82. The maximum absolute atomic E-state index is 9.27. The fourth-order valence-electron chi connectivity index (χ4n) is 3.45. The molecular formula is C18H19N5O4. The fraction of sp³-hybridized carbons (Fsp3) is 0.389. The second kappa shape index (κ2) is 6.67. The number of ether oxygens (including phenoxy) is 3. The molecule has 2 aliphatic rings. The number of aromatic nitrogens is 4. The van der Waals surface area contributed by atoms with Crippen LogP contribution < -0.4 is 14.8 Å². The molecule has 0 radical (unpaired) electrons. The number of nitrogens with one attached hydrogen (secondary N) is 1. The molecule has 1 fully saturated rings. The Morgan fingerprint density at radius 3 is 2.96 bits per heavy atom. The maximum Gasteiger partial charge on any atom is 0.231 e. The van der Waals surface area contributed by atoms with Gasteiger partial charge in [0.25, 0.3) is 0 Å². The molecule has 9 heteroatoms. The Morgan fingerprint density at radius 1 is 1.15 bits per heavy atom. The molecule has 9 nitrogen and oxygen atoms in total. The minimum atomic E-state index is -0.163. The van der Waals surface area contributed by atoms with Crippen molar-refractivity contribution in [3.05, 3.63) is 36.4 Å². The Morgan fingerprint density at radius 2 is 2.07 bits per heavy atom. The monoisotopic (exact) mass is 369 g/mol. The van der Waals surface area contributed by atoms with Crippen LogP contribution in [-0.2, 0) is 11.3 Å². The summed E-state index contributed by atoms with van der Waals surface area (Å²) in [4.78, 5) is 13.2. The third-order valence-electron chi connectivity index (χ3n) is 4.85. The summed E-state index contributed by atoms with van der Waals surface area (Å²) in [5.74, 6) is 2.18. The van der Waals surface area contributed by atoms with E-state index in [1.54, 1.807) is 6.33 Å². The van der Waals surface area contributed by atoms with Gasteiger partial charge in [-0.3, -0.25) is 4.57 Å². The second-order valence-corrected chi connectivity index (χ2v) is 6.56. The van der Waals surface area contributed by atoms with Crippen LogP contribution in [0.1, 0.15) is 24.6 Å². The van der Waals surface area contributed by atoms with Gasteiger partial charge in [-0.05, 0) is 30.5 Å². The van der Waals surface area contributed by atoms with Gasteiger partial charge in [0.2, 0.25) is 6.79 Å². The zero-order chi connectivity index (χ0) is 18.2. The number of hydrogen-bond donors (Lipinski definition) is 2. The molecule has 0 aliphatic carbocycles. The first-order valence-electron chi connectivity index (χ1n) is 8.88. The number of hydrogen-bond acceptors (Lipinski definition) is 8. The summed E-state index contributed by atoms with van der Waals surface area (Å²) >= 11 is 0. The van der Waals surface area contributed by atoms with Crippen molar-refractivity contribution in [3.63, 3.8) is 0 Å². The number of fused-ring (bicyclic) bond motifs is 2. The van der Waals surface area contributed by atoms with Crippen molar-refractivity contribution in [2.75, 3.05) is 18.7 Å². The standard InChI is InChI=1S/C18H19N5O4/c24-7-12-2-4-15(27-12)23-9-22-16-17(20-8-21-18(16)23)19-6-11-1-3-13-14(5-11)26-10-25-13/h1,3,5,8-9,12,15,24H,2,4,6-7,10H2,(H,19,20,21). The van der Waals surface area contributed by atoms with Crippen LogP contribution in [0.5, 0.6) is 11.5 Å². The van der Waals surface area contributed by atoms with Crippen molar-refractivity contribution >= 4 is 17.0 Å². The molecule has 0 bridgehead atoms. The van der Waals surface area contributed by atoms with Crippen molar-refractivity contribution < 1.29 is 19.3 Å². The highest BCUT2D eigenvalue weighted by atomic mass is 16.7. The summed E-state index contributed by atoms with van der Waals surface area (Å²) in [5, 5.41) is 12.6. The summed E-state index contributed by atoms with van der Waals surface area (Å²) < 4.78 is 18.5. The van der Waals surface area contributed by atoms with Gasteiger partial charge in [0.05, 0.1) is 19.0 Å². The molecule has 2 atom stereocenters. The van der Waals surface area contributed by atoms with Gasteiger partial charge in [-0.15, -0.1) is 0 Å². The Bertz CT molecular complexity index is 976. The lowest BCUT2D eigenvalue weighted by atomic mass is 10.2. The Hall–Kier alpha value is -2.91. The van der Waals surface area contributed by atoms with Crippen molar-refractivity contribution in [2.24, 2.45) is 0 Å². The summed E-state index contributed by atoms with van der Waals surface area (Å²) in [7, 11) is 0. The van der Waals surface area contributed by atoms with Crippen molar-refractivity contribution in [1.82, 2.24) is 19.5 Å². The van der Waals surface area contributed by atoms with Gasteiger partial charge >= 0.3 is 0 Å². The molecule has 2 N–H and O–H groups in total. The van der Waals surface area contributed by atoms with E-state index in [-0.39, 0.29) is 25.7 Å². The lowest BCUT2D eigenvalue weighted by Gasteiger charge is -2.14. The first-order valence-corrected chi connectivity index (χ1v) is 8.88. The van der Waals surface area contributed by atoms with Gasteiger partial charge in [0.15, 0.2) is 28.5 Å². The van der Waals surface area contributed by atoms with E-state index in [1.165, 1.54) is 6.33 Å². The number of aliphatic hydroxyl groups is 1. The third-order valence-corrected chi connectivity index (χ3v) is 4.85. The van der Waals surface area contributed by atoms with Crippen LogP contribution in [0.3, 0.4) is 0 Å². The molecule has 27 heavy (non-hydrogen) atoms. The van der Waals surface area contributed by atoms with Crippen LogP contribution in [0.25, 0.3) is 11.2 Å². The first-order chi connectivity index (χ1) is 13.3. The molecule has 3 aromatic rings. The molecule has 1 aromatic carbocycles. The number of benzene rings is 1. The highest BCUT2D eigenvalue weighted by Crippen LogP contribution is 2.33. The zero-order valence-electron chi connectivity index (χ0n) is 14.5. The van der Waals surface area contributed by atoms with Crippen LogP contribution in [0.4, 0.5) is 5.82 Å². The van der Waals surface area contributed by atoms with Crippen LogP contribution in [0.2, 0.25) is 0 Å². The van der Waals surface area contributed by atoms with Gasteiger partial charge in [-0.1, -0.05) is 6.07 Å². The largest absolute Gasteiger partial charge is 0.454 e. The van der Waals surface area contributed by atoms with Crippen LogP contribution in [0.15, 0.2) is 30.9 Å². The number of imidazole rings is 1. The van der Waals surface area contributed by atoms with E-state index in [2.05, 4.69) is 20.3 Å². The van der Waals surface area contributed by atoms with E-state index >= 15 is 0 Å². The van der Waals surface area contributed by atoms with E-state index in [9.17, 15) is 5.11 Å². The molecule has 2 aromatic heterocycles. The SMILES string of the molecule is OCC1CCC(n2cnc3c(NCc4ccc5c(c4)OCO5)ncnc32)O1. The summed E-state index contributed by atoms with van der Waals surface area (Å²) in [6, 6.07) is 5.84. The van der Waals surface area contributed by atoms with Crippen LogP contribution >= 0.6 is 0 Å². The summed E-state index contributed by atoms with van der Waals surface area (Å²) in [6.45, 7) is 0.860. The average Bonchev–Trinajstić information content (AvgIpc) is 3.43. The Balaban J connectivity index is 1.36. The highest BCUT2D eigenvalue weighted by Gasteiger charge is 2.27. The molecule has 0 spiro atoms. The van der Waals surface area contributed by atoms with E-state index in [0.717, 1.165) is 29.9 Å². The predicted molar refractivity (Wildman–Crippen MR) is 95.4 cm³/mol. The maximum atomic E-state index is 9.27. The summed E-state index contributed by atoms with van der Waals surface area (Å²) in [5.41, 5.74) is 2.45. The van der Waals surface area contributed by atoms with Crippen molar-refractivity contribution in [2.45, 2.75) is 31.7 Å². The van der Waals surface area contributed by atoms with E-state index in [1.807, 2.05) is 22.8 Å². The molecule has 0 amide bonds. The smallest absolute Gasteiger partial charge is 0.231 e. The lowest BCUT2D eigenvalue weighted by Crippen LogP contribution is -2.14. The number of nitrogens with zero attached hydrogens (tertiary/aromatic N) is 4. The molecular weight excluding hydrogens is 350 g/mol. The number of aliphatic hydroxyl groups excluding tert-OH is 1. The van der Waals surface area contributed by atoms with Gasteiger partial charge in [-0.25, -0.2) is 15.0 Å². The molecule has 2 aliphatic heterocycles. The average molecular weight is 369 g/mol. The fourth-order valence-corrected chi connectivity index (χ4v) is 3.45. The first kappa shape index (κ1) is 16.3. The molecule has 4 heterocycles. The molecule has 5 rings (SSSR count). The van der Waals surface area contributed by atoms with E-state index < -0.39 is 0 Å². The topological polar surface area (TPSA) is 104 Å². The van der Waals surface area contributed by atoms with E-state index in [0.29, 0.717) is 23.5 Å². The quantitative estimate of drug-likeness (QED) is 0.702. The van der Waals surface area contributed by atoms with Crippen LogP contribution in [0, 0.1) is 0 Å². The van der Waals surface area contributed by atoms with Crippen molar-refractivity contribution in [1.29, 1.82) is 0 Å². The van der Waals surface area contributed by atoms with Gasteiger partial charge < -0.3 is 24.6 Å². The van der Waals surface area contributed by atoms with Gasteiger partial charge in [0.1, 0.15) is 12.6 Å². The number of anilines is 1. The zero-order valence-corrected chi connectivity index (χ0v) is 14.5. The van der Waals surface area contributed by atoms with Gasteiger partial charge in [-0.2, -0.15) is 0 Å². The summed E-state index contributed by atoms with van der Waals surface area (Å²) in [6.07, 6.45) is 4.58. The number of rotatable bonds is 5.